The first-order chi connectivity index (χ1) is 14.1. The fourth-order valence-corrected chi connectivity index (χ4v) is 3.62. The molecule has 0 spiro atoms. The van der Waals surface area contributed by atoms with Gasteiger partial charge >= 0.3 is 0 Å². The highest BCUT2D eigenvalue weighted by Crippen LogP contribution is 2.19. The standard InChI is InChI=1S/C22H35N5O2.HI/c1-3-23-21(25-17-22(2,28)18-26-11-13-29-14-12-26)24-16-19-7-6-8-20(15-19)27-9-4-5-10-27;/h4-8,15,28H,3,9-14,16-18H2,1-2H3,(H2,23,24,25);1H. The zero-order valence-corrected chi connectivity index (χ0v) is 20.5. The highest BCUT2D eigenvalue weighted by molar-refractivity contribution is 14.0. The SMILES string of the molecule is CCNC(=NCc1cccc(N2CC=CC2)c1)NCC(C)(O)CN1CCOCC1.I. The normalized spacial score (nSPS) is 19.3. The fraction of sp³-hybridized carbons (Fsp3) is 0.591. The zero-order valence-electron chi connectivity index (χ0n) is 18.1. The summed E-state index contributed by atoms with van der Waals surface area (Å²) in [6.45, 7) is 11.5. The van der Waals surface area contributed by atoms with Gasteiger partial charge in [0.1, 0.15) is 0 Å². The average molecular weight is 529 g/mol. The molecule has 0 bridgehead atoms. The van der Waals surface area contributed by atoms with Gasteiger partial charge in [-0.15, -0.1) is 24.0 Å². The number of nitrogens with zero attached hydrogens (tertiary/aromatic N) is 3. The molecule has 0 saturated carbocycles. The van der Waals surface area contributed by atoms with Crippen molar-refractivity contribution < 1.29 is 9.84 Å². The van der Waals surface area contributed by atoms with Crippen molar-refractivity contribution in [3.8, 4) is 0 Å². The maximum atomic E-state index is 10.8. The third kappa shape index (κ3) is 8.05. The van der Waals surface area contributed by atoms with Gasteiger partial charge < -0.3 is 25.4 Å². The molecule has 0 radical (unpaired) electrons. The third-order valence-corrected chi connectivity index (χ3v) is 5.16. The minimum Gasteiger partial charge on any atom is -0.387 e. The van der Waals surface area contributed by atoms with Gasteiger partial charge in [0, 0.05) is 51.5 Å². The number of ether oxygens (including phenoxy) is 1. The number of anilines is 1. The molecule has 2 heterocycles. The van der Waals surface area contributed by atoms with Gasteiger partial charge in [-0.1, -0.05) is 24.3 Å². The minimum atomic E-state index is -0.837. The number of aliphatic hydroxyl groups is 1. The van der Waals surface area contributed by atoms with Gasteiger partial charge in [0.05, 0.1) is 25.4 Å². The van der Waals surface area contributed by atoms with E-state index in [4.69, 9.17) is 9.73 Å². The van der Waals surface area contributed by atoms with Crippen molar-refractivity contribution in [1.29, 1.82) is 0 Å². The van der Waals surface area contributed by atoms with E-state index in [2.05, 4.69) is 56.9 Å². The smallest absolute Gasteiger partial charge is 0.191 e. The monoisotopic (exact) mass is 529 g/mol. The van der Waals surface area contributed by atoms with Crippen LogP contribution in [0.4, 0.5) is 5.69 Å². The van der Waals surface area contributed by atoms with E-state index in [9.17, 15) is 5.11 Å². The lowest BCUT2D eigenvalue weighted by molar-refractivity contribution is -0.0201. The average Bonchev–Trinajstić information content (AvgIpc) is 3.26. The van der Waals surface area contributed by atoms with Gasteiger partial charge in [0.15, 0.2) is 5.96 Å². The van der Waals surface area contributed by atoms with E-state index in [0.29, 0.717) is 19.6 Å². The quantitative estimate of drug-likeness (QED) is 0.207. The lowest BCUT2D eigenvalue weighted by Crippen LogP contribution is -2.52. The molecular formula is C22H36IN5O2. The molecular weight excluding hydrogens is 493 g/mol. The number of rotatable bonds is 8. The van der Waals surface area contributed by atoms with Crippen LogP contribution < -0.4 is 15.5 Å². The molecule has 1 saturated heterocycles. The summed E-state index contributed by atoms with van der Waals surface area (Å²) in [6, 6.07) is 8.54. The molecule has 2 aliphatic rings. The van der Waals surface area contributed by atoms with Crippen LogP contribution in [-0.4, -0.2) is 80.6 Å². The van der Waals surface area contributed by atoms with Crippen molar-refractivity contribution in [2.75, 3.05) is 63.9 Å². The van der Waals surface area contributed by atoms with Crippen LogP contribution in [-0.2, 0) is 11.3 Å². The molecule has 1 fully saturated rings. The van der Waals surface area contributed by atoms with Crippen LogP contribution in [0.2, 0.25) is 0 Å². The molecule has 7 nitrogen and oxygen atoms in total. The Hall–Kier alpha value is -1.36. The van der Waals surface area contributed by atoms with Gasteiger partial charge in [-0.05, 0) is 31.5 Å². The van der Waals surface area contributed by atoms with E-state index < -0.39 is 5.60 Å². The van der Waals surface area contributed by atoms with Gasteiger partial charge in [-0.2, -0.15) is 0 Å². The molecule has 0 aliphatic carbocycles. The Morgan fingerprint density at radius 2 is 1.93 bits per heavy atom. The summed E-state index contributed by atoms with van der Waals surface area (Å²) < 4.78 is 5.38. The van der Waals surface area contributed by atoms with Crippen molar-refractivity contribution in [2.45, 2.75) is 26.0 Å². The van der Waals surface area contributed by atoms with Crippen LogP contribution in [0.25, 0.3) is 0 Å². The van der Waals surface area contributed by atoms with E-state index in [0.717, 1.165) is 51.9 Å². The molecule has 0 amide bonds. The second kappa shape index (κ2) is 12.5. The Balaban J connectivity index is 0.00000320. The summed E-state index contributed by atoms with van der Waals surface area (Å²) in [6.07, 6.45) is 4.39. The lowest BCUT2D eigenvalue weighted by atomic mass is 10.1. The first kappa shape index (κ1) is 24.9. The second-order valence-corrected chi connectivity index (χ2v) is 7.98. The van der Waals surface area contributed by atoms with Gasteiger partial charge in [-0.3, -0.25) is 4.90 Å². The summed E-state index contributed by atoms with van der Waals surface area (Å²) in [5.41, 5.74) is 1.57. The maximum Gasteiger partial charge on any atom is 0.191 e. The molecule has 0 aromatic heterocycles. The summed E-state index contributed by atoms with van der Waals surface area (Å²) in [5.74, 6) is 0.725. The first-order valence-corrected chi connectivity index (χ1v) is 10.6. The van der Waals surface area contributed by atoms with E-state index in [1.54, 1.807) is 0 Å². The number of β-amino-alcohol motifs (C(OH)–C–C–N with tert-alkyl or cyclic N) is 1. The van der Waals surface area contributed by atoms with Gasteiger partial charge in [-0.25, -0.2) is 4.99 Å². The highest BCUT2D eigenvalue weighted by Gasteiger charge is 2.25. The molecule has 168 valence electrons. The Labute approximate surface area is 197 Å². The van der Waals surface area contributed by atoms with Gasteiger partial charge in [0.2, 0.25) is 0 Å². The Kier molecular flexibility index (Phi) is 10.4. The number of hydrogen-bond donors (Lipinski definition) is 3. The van der Waals surface area contributed by atoms with E-state index in [-0.39, 0.29) is 24.0 Å². The first-order valence-electron chi connectivity index (χ1n) is 10.6. The van der Waals surface area contributed by atoms with Crippen LogP contribution in [0.3, 0.4) is 0 Å². The molecule has 1 aromatic rings. The number of aliphatic imine (C=N–C) groups is 1. The Morgan fingerprint density at radius 1 is 1.20 bits per heavy atom. The van der Waals surface area contributed by atoms with Crippen molar-refractivity contribution in [3.05, 3.63) is 42.0 Å². The van der Waals surface area contributed by atoms with Crippen LogP contribution in [0.1, 0.15) is 19.4 Å². The predicted octanol–water partition coefficient (Wildman–Crippen LogP) is 1.82. The van der Waals surface area contributed by atoms with Crippen molar-refractivity contribution in [3.63, 3.8) is 0 Å². The Bertz CT molecular complexity index is 697. The number of benzene rings is 1. The van der Waals surface area contributed by atoms with Crippen LogP contribution in [0.15, 0.2) is 41.4 Å². The van der Waals surface area contributed by atoms with Crippen molar-refractivity contribution in [1.82, 2.24) is 15.5 Å². The number of nitrogens with one attached hydrogen (secondary N) is 2. The summed E-state index contributed by atoms with van der Waals surface area (Å²) in [7, 11) is 0. The van der Waals surface area contributed by atoms with E-state index in [1.807, 2.05) is 13.8 Å². The maximum absolute atomic E-state index is 10.8. The molecule has 2 aliphatic heterocycles. The Morgan fingerprint density at radius 3 is 2.63 bits per heavy atom. The van der Waals surface area contributed by atoms with Crippen LogP contribution in [0, 0.1) is 0 Å². The number of morpholine rings is 1. The lowest BCUT2D eigenvalue weighted by Gasteiger charge is -2.34. The minimum absolute atomic E-state index is 0. The molecule has 3 rings (SSSR count). The summed E-state index contributed by atoms with van der Waals surface area (Å²) in [5, 5.41) is 17.4. The second-order valence-electron chi connectivity index (χ2n) is 7.98. The van der Waals surface area contributed by atoms with Crippen LogP contribution >= 0.6 is 24.0 Å². The number of hydrogen-bond acceptors (Lipinski definition) is 5. The molecule has 1 aromatic carbocycles. The van der Waals surface area contributed by atoms with E-state index in [1.165, 1.54) is 11.3 Å². The third-order valence-electron chi connectivity index (χ3n) is 5.16. The zero-order chi connectivity index (χ0) is 20.5. The largest absolute Gasteiger partial charge is 0.387 e. The van der Waals surface area contributed by atoms with Crippen LogP contribution in [0.5, 0.6) is 0 Å². The van der Waals surface area contributed by atoms with E-state index >= 15 is 0 Å². The van der Waals surface area contributed by atoms with Gasteiger partial charge in [0.25, 0.3) is 0 Å². The summed E-state index contributed by atoms with van der Waals surface area (Å²) >= 11 is 0. The van der Waals surface area contributed by atoms with Crippen molar-refractivity contribution in [2.24, 2.45) is 4.99 Å². The summed E-state index contributed by atoms with van der Waals surface area (Å²) in [4.78, 5) is 9.29. The fourth-order valence-electron chi connectivity index (χ4n) is 3.62. The topological polar surface area (TPSA) is 72.4 Å². The molecule has 1 unspecified atom stereocenters. The number of guanidine groups is 1. The molecule has 1 atom stereocenters. The molecule has 8 heteroatoms. The number of halogens is 1. The van der Waals surface area contributed by atoms with Crippen molar-refractivity contribution >= 4 is 35.6 Å². The highest BCUT2D eigenvalue weighted by atomic mass is 127. The molecule has 30 heavy (non-hydrogen) atoms. The predicted molar refractivity (Wildman–Crippen MR) is 134 cm³/mol. The molecule has 3 N–H and O–H groups in total.